The molecule has 1 saturated heterocycles. The minimum absolute atomic E-state index is 0.0123. The second-order valence-corrected chi connectivity index (χ2v) is 7.06. The number of thioether (sulfide) groups is 1. The number of carbonyl (C=O) groups is 2. The van der Waals surface area contributed by atoms with E-state index in [2.05, 4.69) is 18.5 Å². The standard InChI is InChI=1S/C14H24N2O2S/c1-10(19-3)6-9-16-11(2)12(17)15-14(13(16)18)7-4-5-8-14/h10-11H,4-9H2,1-3H3,(H,15,17). The van der Waals surface area contributed by atoms with Crippen LogP contribution < -0.4 is 5.32 Å². The maximum atomic E-state index is 12.7. The van der Waals surface area contributed by atoms with Crippen LogP contribution in [-0.2, 0) is 9.59 Å². The van der Waals surface area contributed by atoms with Crippen molar-refractivity contribution in [1.29, 1.82) is 0 Å². The second-order valence-electron chi connectivity index (χ2n) is 5.79. The first-order chi connectivity index (χ1) is 9.00. The van der Waals surface area contributed by atoms with Crippen molar-refractivity contribution < 1.29 is 9.59 Å². The molecule has 108 valence electrons. The van der Waals surface area contributed by atoms with E-state index in [-0.39, 0.29) is 17.9 Å². The predicted molar refractivity (Wildman–Crippen MR) is 78.1 cm³/mol. The molecule has 2 atom stereocenters. The predicted octanol–water partition coefficient (Wildman–Crippen LogP) is 1.79. The van der Waals surface area contributed by atoms with Gasteiger partial charge < -0.3 is 10.2 Å². The molecule has 2 rings (SSSR count). The quantitative estimate of drug-likeness (QED) is 0.856. The van der Waals surface area contributed by atoms with Gasteiger partial charge in [0.15, 0.2) is 0 Å². The first-order valence-corrected chi connectivity index (χ1v) is 8.45. The molecule has 0 aromatic rings. The number of nitrogens with one attached hydrogen (secondary N) is 1. The summed E-state index contributed by atoms with van der Waals surface area (Å²) in [6.07, 6.45) is 6.71. The molecule has 19 heavy (non-hydrogen) atoms. The summed E-state index contributed by atoms with van der Waals surface area (Å²) in [6.45, 7) is 4.69. The highest BCUT2D eigenvalue weighted by atomic mass is 32.2. The zero-order chi connectivity index (χ0) is 14.0. The fourth-order valence-electron chi connectivity index (χ4n) is 3.04. The molecular formula is C14H24N2O2S. The highest BCUT2D eigenvalue weighted by Crippen LogP contribution is 2.34. The molecule has 2 aliphatic rings. The summed E-state index contributed by atoms with van der Waals surface area (Å²) < 4.78 is 0. The summed E-state index contributed by atoms with van der Waals surface area (Å²) in [5.74, 6) is 0.156. The van der Waals surface area contributed by atoms with Crippen molar-refractivity contribution in [3.05, 3.63) is 0 Å². The third-order valence-corrected chi connectivity index (χ3v) is 5.56. The molecule has 0 radical (unpaired) electrons. The van der Waals surface area contributed by atoms with Gasteiger partial charge in [-0.1, -0.05) is 19.8 Å². The van der Waals surface area contributed by atoms with Gasteiger partial charge in [0.2, 0.25) is 11.8 Å². The lowest BCUT2D eigenvalue weighted by molar-refractivity contribution is -0.154. The lowest BCUT2D eigenvalue weighted by Gasteiger charge is -2.43. The van der Waals surface area contributed by atoms with Crippen molar-refractivity contribution >= 4 is 23.6 Å². The minimum atomic E-state index is -0.577. The van der Waals surface area contributed by atoms with Crippen LogP contribution in [0, 0.1) is 0 Å². The summed E-state index contributed by atoms with van der Waals surface area (Å²) in [7, 11) is 0. The average molecular weight is 284 g/mol. The molecule has 4 nitrogen and oxygen atoms in total. The molecule has 1 aliphatic carbocycles. The Morgan fingerprint density at radius 3 is 2.63 bits per heavy atom. The Morgan fingerprint density at radius 2 is 2.05 bits per heavy atom. The van der Waals surface area contributed by atoms with Crippen molar-refractivity contribution in [1.82, 2.24) is 10.2 Å². The van der Waals surface area contributed by atoms with E-state index in [1.165, 1.54) is 0 Å². The molecule has 0 bridgehead atoms. The van der Waals surface area contributed by atoms with E-state index in [1.54, 1.807) is 16.7 Å². The van der Waals surface area contributed by atoms with Gasteiger partial charge in [0.25, 0.3) is 0 Å². The Morgan fingerprint density at radius 1 is 1.42 bits per heavy atom. The van der Waals surface area contributed by atoms with Crippen LogP contribution >= 0.6 is 11.8 Å². The van der Waals surface area contributed by atoms with Gasteiger partial charge in [-0.05, 0) is 32.4 Å². The maximum absolute atomic E-state index is 12.7. The van der Waals surface area contributed by atoms with Crippen LogP contribution in [0.2, 0.25) is 0 Å². The van der Waals surface area contributed by atoms with Crippen molar-refractivity contribution in [3.8, 4) is 0 Å². The highest BCUT2D eigenvalue weighted by Gasteiger charge is 2.50. The number of rotatable bonds is 4. The van der Waals surface area contributed by atoms with Gasteiger partial charge in [-0.15, -0.1) is 0 Å². The van der Waals surface area contributed by atoms with Crippen LogP contribution in [0.3, 0.4) is 0 Å². The number of hydrogen-bond donors (Lipinski definition) is 1. The van der Waals surface area contributed by atoms with Crippen LogP contribution in [0.25, 0.3) is 0 Å². The third-order valence-electron chi connectivity index (χ3n) is 4.52. The van der Waals surface area contributed by atoms with E-state index >= 15 is 0 Å². The number of nitrogens with zero attached hydrogens (tertiary/aromatic N) is 1. The Labute approximate surface area is 119 Å². The van der Waals surface area contributed by atoms with Gasteiger partial charge in [0.1, 0.15) is 11.6 Å². The van der Waals surface area contributed by atoms with Crippen LogP contribution in [0.5, 0.6) is 0 Å². The van der Waals surface area contributed by atoms with E-state index in [4.69, 9.17) is 0 Å². The molecular weight excluding hydrogens is 260 g/mol. The second kappa shape index (κ2) is 5.73. The van der Waals surface area contributed by atoms with E-state index in [1.807, 2.05) is 6.92 Å². The number of carbonyl (C=O) groups excluding carboxylic acids is 2. The normalized spacial score (nSPS) is 27.7. The molecule has 0 aromatic heterocycles. The number of piperazine rings is 1. The van der Waals surface area contributed by atoms with Gasteiger partial charge in [0.05, 0.1) is 0 Å². The average Bonchev–Trinajstić information content (AvgIpc) is 2.86. The van der Waals surface area contributed by atoms with Gasteiger partial charge >= 0.3 is 0 Å². The first-order valence-electron chi connectivity index (χ1n) is 7.16. The van der Waals surface area contributed by atoms with Crippen LogP contribution in [-0.4, -0.2) is 46.3 Å². The van der Waals surface area contributed by atoms with E-state index in [0.717, 1.165) is 32.1 Å². The highest BCUT2D eigenvalue weighted by molar-refractivity contribution is 7.99. The fraction of sp³-hybridized carbons (Fsp3) is 0.857. The maximum Gasteiger partial charge on any atom is 0.248 e. The van der Waals surface area contributed by atoms with Crippen LogP contribution in [0.1, 0.15) is 46.0 Å². The summed E-state index contributed by atoms with van der Waals surface area (Å²) >= 11 is 1.80. The smallest absolute Gasteiger partial charge is 0.248 e. The first kappa shape index (κ1) is 14.7. The van der Waals surface area contributed by atoms with Crippen molar-refractivity contribution in [3.63, 3.8) is 0 Å². The summed E-state index contributed by atoms with van der Waals surface area (Å²) in [4.78, 5) is 26.6. The zero-order valence-corrected chi connectivity index (χ0v) is 12.9. The topological polar surface area (TPSA) is 49.4 Å². The van der Waals surface area contributed by atoms with Crippen molar-refractivity contribution in [2.45, 2.75) is 62.8 Å². The molecule has 1 N–H and O–H groups in total. The van der Waals surface area contributed by atoms with Gasteiger partial charge in [-0.2, -0.15) is 11.8 Å². The molecule has 2 fully saturated rings. The van der Waals surface area contributed by atoms with E-state index in [0.29, 0.717) is 11.8 Å². The minimum Gasteiger partial charge on any atom is -0.340 e. The Hall–Kier alpha value is -0.710. The number of amides is 2. The van der Waals surface area contributed by atoms with Crippen molar-refractivity contribution in [2.24, 2.45) is 0 Å². The van der Waals surface area contributed by atoms with Crippen molar-refractivity contribution in [2.75, 3.05) is 12.8 Å². The molecule has 1 aliphatic heterocycles. The lowest BCUT2D eigenvalue weighted by Crippen LogP contribution is -2.68. The molecule has 1 saturated carbocycles. The van der Waals surface area contributed by atoms with Gasteiger partial charge in [0, 0.05) is 11.8 Å². The SMILES string of the molecule is CSC(C)CCN1C(=O)C2(CCCC2)NC(=O)C1C. The largest absolute Gasteiger partial charge is 0.340 e. The van der Waals surface area contributed by atoms with Crippen LogP contribution in [0.15, 0.2) is 0 Å². The molecule has 2 amide bonds. The molecule has 1 spiro atoms. The Bertz CT molecular complexity index is 366. The van der Waals surface area contributed by atoms with E-state index in [9.17, 15) is 9.59 Å². The summed E-state index contributed by atoms with van der Waals surface area (Å²) in [5.41, 5.74) is -0.577. The molecule has 2 unspecified atom stereocenters. The Kier molecular flexibility index (Phi) is 4.43. The summed E-state index contributed by atoms with van der Waals surface area (Å²) in [6, 6.07) is -0.326. The van der Waals surface area contributed by atoms with Gasteiger partial charge in [-0.25, -0.2) is 0 Å². The molecule has 1 heterocycles. The van der Waals surface area contributed by atoms with Gasteiger partial charge in [-0.3, -0.25) is 9.59 Å². The zero-order valence-electron chi connectivity index (χ0n) is 12.1. The Balaban J connectivity index is 2.10. The van der Waals surface area contributed by atoms with E-state index < -0.39 is 5.54 Å². The molecule has 0 aromatic carbocycles. The lowest BCUT2D eigenvalue weighted by atomic mass is 9.91. The third kappa shape index (κ3) is 2.76. The molecule has 5 heteroatoms. The summed E-state index contributed by atoms with van der Waals surface area (Å²) in [5, 5.41) is 3.51. The fourth-order valence-corrected chi connectivity index (χ4v) is 3.38. The van der Waals surface area contributed by atoms with Crippen LogP contribution in [0.4, 0.5) is 0 Å². The monoisotopic (exact) mass is 284 g/mol. The number of hydrogen-bond acceptors (Lipinski definition) is 3.